The third kappa shape index (κ3) is 8.03. The van der Waals surface area contributed by atoms with Crippen LogP contribution < -0.4 is 16.0 Å². The maximum absolute atomic E-state index is 12.0. The summed E-state index contributed by atoms with van der Waals surface area (Å²) in [5.41, 5.74) is 2.31. The Bertz CT molecular complexity index is 655. The Morgan fingerprint density at radius 2 is 1.79 bits per heavy atom. The van der Waals surface area contributed by atoms with E-state index in [2.05, 4.69) is 33.0 Å². The van der Waals surface area contributed by atoms with Crippen molar-refractivity contribution in [2.45, 2.75) is 57.7 Å². The van der Waals surface area contributed by atoms with Gasteiger partial charge in [-0.25, -0.2) is 4.79 Å². The zero-order chi connectivity index (χ0) is 20.3. The van der Waals surface area contributed by atoms with Crippen molar-refractivity contribution in [2.24, 2.45) is 0 Å². The van der Waals surface area contributed by atoms with Crippen molar-refractivity contribution in [3.8, 4) is 0 Å². The quantitative estimate of drug-likeness (QED) is 0.622. The Balaban J connectivity index is 1.31. The van der Waals surface area contributed by atoms with E-state index in [4.69, 9.17) is 4.74 Å². The SMILES string of the molecule is O=C(CCNC(=O)NCc1cccc(CN2CCOCC2)c1)NC1CCCCC1. The van der Waals surface area contributed by atoms with Crippen LogP contribution in [0.3, 0.4) is 0 Å². The molecular weight excluding hydrogens is 368 g/mol. The normalized spacial score (nSPS) is 18.2. The number of morpholine rings is 1. The lowest BCUT2D eigenvalue weighted by Gasteiger charge is -2.26. The molecule has 0 aromatic heterocycles. The van der Waals surface area contributed by atoms with Crippen molar-refractivity contribution < 1.29 is 14.3 Å². The predicted molar refractivity (Wildman–Crippen MR) is 112 cm³/mol. The molecule has 7 heteroatoms. The van der Waals surface area contributed by atoms with Crippen LogP contribution in [-0.4, -0.2) is 55.7 Å². The molecule has 3 rings (SSSR count). The molecule has 0 atom stereocenters. The molecule has 1 aromatic rings. The second kappa shape index (κ2) is 11.8. The fraction of sp³-hybridized carbons (Fsp3) is 0.636. The Kier molecular flexibility index (Phi) is 8.77. The summed E-state index contributed by atoms with van der Waals surface area (Å²) >= 11 is 0. The van der Waals surface area contributed by atoms with Crippen LogP contribution >= 0.6 is 0 Å². The number of ether oxygens (including phenoxy) is 1. The summed E-state index contributed by atoms with van der Waals surface area (Å²) in [4.78, 5) is 26.4. The first-order valence-corrected chi connectivity index (χ1v) is 10.9. The Labute approximate surface area is 173 Å². The van der Waals surface area contributed by atoms with E-state index in [0.717, 1.165) is 51.3 Å². The van der Waals surface area contributed by atoms with Crippen molar-refractivity contribution in [1.82, 2.24) is 20.9 Å². The number of hydrogen-bond acceptors (Lipinski definition) is 4. The summed E-state index contributed by atoms with van der Waals surface area (Å²) < 4.78 is 5.39. The van der Waals surface area contributed by atoms with Gasteiger partial charge in [0.25, 0.3) is 0 Å². The number of amides is 3. The van der Waals surface area contributed by atoms with Gasteiger partial charge in [0.1, 0.15) is 0 Å². The number of benzene rings is 1. The average Bonchev–Trinajstić information content (AvgIpc) is 2.74. The van der Waals surface area contributed by atoms with Gasteiger partial charge < -0.3 is 20.7 Å². The summed E-state index contributed by atoms with van der Waals surface area (Å²) in [5.74, 6) is 0.0213. The third-order valence-corrected chi connectivity index (χ3v) is 5.56. The van der Waals surface area contributed by atoms with Crippen LogP contribution in [0.15, 0.2) is 24.3 Å². The summed E-state index contributed by atoms with van der Waals surface area (Å²) in [6, 6.07) is 8.36. The Morgan fingerprint density at radius 3 is 2.59 bits per heavy atom. The summed E-state index contributed by atoms with van der Waals surface area (Å²) in [6.45, 7) is 5.22. The third-order valence-electron chi connectivity index (χ3n) is 5.56. The minimum atomic E-state index is -0.242. The number of nitrogens with zero attached hydrogens (tertiary/aromatic N) is 1. The number of hydrogen-bond donors (Lipinski definition) is 3. The van der Waals surface area contributed by atoms with Crippen LogP contribution in [0.5, 0.6) is 0 Å². The van der Waals surface area contributed by atoms with E-state index in [1.165, 1.54) is 24.8 Å². The zero-order valence-corrected chi connectivity index (χ0v) is 17.3. The van der Waals surface area contributed by atoms with Crippen LogP contribution in [0.2, 0.25) is 0 Å². The molecule has 1 heterocycles. The van der Waals surface area contributed by atoms with Crippen LogP contribution in [-0.2, 0) is 22.6 Å². The van der Waals surface area contributed by atoms with E-state index >= 15 is 0 Å². The van der Waals surface area contributed by atoms with Crippen molar-refractivity contribution in [1.29, 1.82) is 0 Å². The second-order valence-electron chi connectivity index (χ2n) is 7.97. The molecule has 0 spiro atoms. The Hall–Kier alpha value is -2.12. The van der Waals surface area contributed by atoms with Gasteiger partial charge in [0.05, 0.1) is 13.2 Å². The smallest absolute Gasteiger partial charge is 0.315 e. The fourth-order valence-electron chi connectivity index (χ4n) is 3.94. The number of carbonyl (C=O) groups is 2. The van der Waals surface area contributed by atoms with Gasteiger partial charge in [-0.3, -0.25) is 9.69 Å². The molecule has 1 aliphatic carbocycles. The zero-order valence-electron chi connectivity index (χ0n) is 17.3. The lowest BCUT2D eigenvalue weighted by molar-refractivity contribution is -0.121. The maximum atomic E-state index is 12.0. The first kappa shape index (κ1) is 21.6. The molecule has 0 radical (unpaired) electrons. The van der Waals surface area contributed by atoms with Crippen LogP contribution in [0, 0.1) is 0 Å². The van der Waals surface area contributed by atoms with E-state index in [1.54, 1.807) is 0 Å². The minimum absolute atomic E-state index is 0.0213. The molecule has 0 unspecified atom stereocenters. The van der Waals surface area contributed by atoms with Crippen molar-refractivity contribution in [2.75, 3.05) is 32.8 Å². The Morgan fingerprint density at radius 1 is 1.03 bits per heavy atom. The largest absolute Gasteiger partial charge is 0.379 e. The molecule has 29 heavy (non-hydrogen) atoms. The second-order valence-corrected chi connectivity index (χ2v) is 7.97. The molecule has 1 saturated carbocycles. The highest BCUT2D eigenvalue weighted by Gasteiger charge is 2.15. The molecular formula is C22H34N4O3. The van der Waals surface area contributed by atoms with E-state index in [1.807, 2.05) is 12.1 Å². The van der Waals surface area contributed by atoms with Gasteiger partial charge in [0, 0.05) is 45.2 Å². The molecule has 160 valence electrons. The van der Waals surface area contributed by atoms with Gasteiger partial charge >= 0.3 is 6.03 Å². The maximum Gasteiger partial charge on any atom is 0.315 e. The highest BCUT2D eigenvalue weighted by molar-refractivity contribution is 5.78. The lowest BCUT2D eigenvalue weighted by atomic mass is 9.95. The molecule has 3 amide bonds. The standard InChI is InChI=1S/C22H34N4O3/c27-21(25-20-7-2-1-3-8-20)9-10-23-22(28)24-16-18-5-4-6-19(15-18)17-26-11-13-29-14-12-26/h4-6,15,20H,1-3,7-14,16-17H2,(H,25,27)(H2,23,24,28). The van der Waals surface area contributed by atoms with Crippen LogP contribution in [0.4, 0.5) is 4.79 Å². The van der Waals surface area contributed by atoms with Crippen molar-refractivity contribution in [3.63, 3.8) is 0 Å². The lowest BCUT2D eigenvalue weighted by Crippen LogP contribution is -2.40. The molecule has 7 nitrogen and oxygen atoms in total. The van der Waals surface area contributed by atoms with Gasteiger partial charge in [-0.2, -0.15) is 0 Å². The number of nitrogens with one attached hydrogen (secondary N) is 3. The van der Waals surface area contributed by atoms with Crippen molar-refractivity contribution in [3.05, 3.63) is 35.4 Å². The van der Waals surface area contributed by atoms with Gasteiger partial charge in [-0.1, -0.05) is 43.5 Å². The molecule has 2 aliphatic rings. The number of rotatable bonds is 8. The average molecular weight is 403 g/mol. The molecule has 1 aromatic carbocycles. The number of carbonyl (C=O) groups excluding carboxylic acids is 2. The fourth-order valence-corrected chi connectivity index (χ4v) is 3.94. The van der Waals surface area contributed by atoms with Crippen LogP contribution in [0.25, 0.3) is 0 Å². The highest BCUT2D eigenvalue weighted by atomic mass is 16.5. The van der Waals surface area contributed by atoms with Gasteiger partial charge in [-0.15, -0.1) is 0 Å². The summed E-state index contributed by atoms with van der Waals surface area (Å²) in [6.07, 6.45) is 6.12. The monoisotopic (exact) mass is 402 g/mol. The van der Waals surface area contributed by atoms with Gasteiger partial charge in [0.15, 0.2) is 0 Å². The van der Waals surface area contributed by atoms with E-state index < -0.39 is 0 Å². The number of urea groups is 1. The molecule has 1 saturated heterocycles. The summed E-state index contributed by atoms with van der Waals surface area (Å²) in [5, 5.41) is 8.71. The summed E-state index contributed by atoms with van der Waals surface area (Å²) in [7, 11) is 0. The predicted octanol–water partition coefficient (Wildman–Crippen LogP) is 2.16. The van der Waals surface area contributed by atoms with Gasteiger partial charge in [-0.05, 0) is 24.0 Å². The molecule has 2 fully saturated rings. The topological polar surface area (TPSA) is 82.7 Å². The van der Waals surface area contributed by atoms with Gasteiger partial charge in [0.2, 0.25) is 5.91 Å². The molecule has 1 aliphatic heterocycles. The first-order chi connectivity index (χ1) is 14.2. The van der Waals surface area contributed by atoms with E-state index in [0.29, 0.717) is 25.6 Å². The molecule has 0 bridgehead atoms. The van der Waals surface area contributed by atoms with Crippen LogP contribution in [0.1, 0.15) is 49.7 Å². The minimum Gasteiger partial charge on any atom is -0.379 e. The highest BCUT2D eigenvalue weighted by Crippen LogP contribution is 2.17. The molecule has 3 N–H and O–H groups in total. The first-order valence-electron chi connectivity index (χ1n) is 10.9. The van der Waals surface area contributed by atoms with E-state index in [9.17, 15) is 9.59 Å². The van der Waals surface area contributed by atoms with Crippen molar-refractivity contribution >= 4 is 11.9 Å². The van der Waals surface area contributed by atoms with E-state index in [-0.39, 0.29) is 11.9 Å².